The molecule has 0 saturated heterocycles. The molecule has 0 bridgehead atoms. The first-order chi connectivity index (χ1) is 11.4. The van der Waals surface area contributed by atoms with E-state index in [1.807, 2.05) is 30.3 Å². The molecule has 2 nitrogen and oxygen atoms in total. The Balaban J connectivity index is 1.68. The van der Waals surface area contributed by atoms with Crippen LogP contribution in [0.15, 0.2) is 84.0 Å². The Morgan fingerprint density at radius 2 is 1.26 bits per heavy atom. The molecule has 2 heteroatoms. The number of oxime groups is 1. The van der Waals surface area contributed by atoms with Crippen molar-refractivity contribution >= 4 is 5.71 Å². The average molecular weight is 299 g/mol. The minimum atomic E-state index is 0.481. The van der Waals surface area contributed by atoms with E-state index in [0.717, 1.165) is 17.7 Å². The van der Waals surface area contributed by atoms with Crippen molar-refractivity contribution in [2.45, 2.75) is 13.0 Å². The molecule has 0 fully saturated rings. The third kappa shape index (κ3) is 2.76. The standard InChI is InChI=1S/C21H17NO/c1-2-8-16(9-3-1)15-23-22-21-19-12-6-4-10-17(19)14-18-11-5-7-13-20(18)21/h1-13H,14-15H2. The van der Waals surface area contributed by atoms with E-state index < -0.39 is 0 Å². The van der Waals surface area contributed by atoms with Crippen molar-refractivity contribution < 1.29 is 4.84 Å². The fourth-order valence-electron chi connectivity index (χ4n) is 3.01. The van der Waals surface area contributed by atoms with Gasteiger partial charge in [0.1, 0.15) is 12.3 Å². The van der Waals surface area contributed by atoms with Crippen LogP contribution in [0.2, 0.25) is 0 Å². The molecule has 0 amide bonds. The van der Waals surface area contributed by atoms with Crippen molar-refractivity contribution in [3.8, 4) is 0 Å². The van der Waals surface area contributed by atoms with E-state index in [1.54, 1.807) is 0 Å². The van der Waals surface area contributed by atoms with E-state index in [1.165, 1.54) is 22.3 Å². The lowest BCUT2D eigenvalue weighted by Gasteiger charge is -2.20. The molecule has 1 aliphatic carbocycles. The maximum Gasteiger partial charge on any atom is 0.142 e. The predicted molar refractivity (Wildman–Crippen MR) is 92.6 cm³/mol. The second kappa shape index (κ2) is 6.09. The molecule has 0 radical (unpaired) electrons. The lowest BCUT2D eigenvalue weighted by Crippen LogP contribution is -2.16. The lowest BCUT2D eigenvalue weighted by atomic mass is 9.85. The molecule has 0 unspecified atom stereocenters. The zero-order chi connectivity index (χ0) is 15.5. The molecule has 0 aromatic heterocycles. The summed E-state index contributed by atoms with van der Waals surface area (Å²) in [7, 11) is 0. The van der Waals surface area contributed by atoms with Gasteiger partial charge in [0.25, 0.3) is 0 Å². The number of hydrogen-bond donors (Lipinski definition) is 0. The highest BCUT2D eigenvalue weighted by Crippen LogP contribution is 2.27. The van der Waals surface area contributed by atoms with Gasteiger partial charge in [0.05, 0.1) is 0 Å². The molecular formula is C21H17NO. The highest BCUT2D eigenvalue weighted by Gasteiger charge is 2.21. The molecule has 3 aromatic carbocycles. The molecule has 0 saturated carbocycles. The number of nitrogens with zero attached hydrogens (tertiary/aromatic N) is 1. The van der Waals surface area contributed by atoms with Crippen LogP contribution in [0.5, 0.6) is 0 Å². The largest absolute Gasteiger partial charge is 0.390 e. The summed E-state index contributed by atoms with van der Waals surface area (Å²) in [6.45, 7) is 0.481. The maximum absolute atomic E-state index is 5.66. The summed E-state index contributed by atoms with van der Waals surface area (Å²) in [5.41, 5.74) is 6.98. The van der Waals surface area contributed by atoms with Crippen molar-refractivity contribution in [3.05, 3.63) is 107 Å². The molecule has 0 heterocycles. The van der Waals surface area contributed by atoms with Crippen LogP contribution in [0.25, 0.3) is 0 Å². The molecule has 1 aliphatic rings. The van der Waals surface area contributed by atoms with Crippen LogP contribution < -0.4 is 0 Å². The monoisotopic (exact) mass is 299 g/mol. The van der Waals surface area contributed by atoms with Crippen molar-refractivity contribution in [3.63, 3.8) is 0 Å². The van der Waals surface area contributed by atoms with E-state index >= 15 is 0 Å². The van der Waals surface area contributed by atoms with E-state index in [9.17, 15) is 0 Å². The van der Waals surface area contributed by atoms with Gasteiger partial charge in [-0.25, -0.2) is 0 Å². The molecule has 23 heavy (non-hydrogen) atoms. The fraction of sp³-hybridized carbons (Fsp3) is 0.0952. The first kappa shape index (κ1) is 13.8. The van der Waals surface area contributed by atoms with Crippen LogP contribution in [0.4, 0.5) is 0 Å². The van der Waals surface area contributed by atoms with Gasteiger partial charge in [0.15, 0.2) is 0 Å². The van der Waals surface area contributed by atoms with Gasteiger partial charge in [0, 0.05) is 11.1 Å². The summed E-state index contributed by atoms with van der Waals surface area (Å²) < 4.78 is 0. The van der Waals surface area contributed by atoms with Crippen molar-refractivity contribution in [1.82, 2.24) is 0 Å². The van der Waals surface area contributed by atoms with Crippen LogP contribution in [0.3, 0.4) is 0 Å². The summed E-state index contributed by atoms with van der Waals surface area (Å²) in [5, 5.41) is 4.48. The summed E-state index contributed by atoms with van der Waals surface area (Å²) in [5.74, 6) is 0. The molecule has 0 spiro atoms. The number of rotatable bonds is 3. The Labute approximate surface area is 136 Å². The Morgan fingerprint density at radius 1 is 0.696 bits per heavy atom. The number of hydrogen-bond acceptors (Lipinski definition) is 2. The number of benzene rings is 3. The SMILES string of the molecule is c1ccc(CON=C2c3ccccc3Cc3ccccc32)cc1. The van der Waals surface area contributed by atoms with Crippen LogP contribution in [0.1, 0.15) is 27.8 Å². The summed E-state index contributed by atoms with van der Waals surface area (Å²) in [4.78, 5) is 5.66. The summed E-state index contributed by atoms with van der Waals surface area (Å²) in [6.07, 6.45) is 0.948. The van der Waals surface area contributed by atoms with Crippen LogP contribution in [-0.2, 0) is 17.9 Å². The summed E-state index contributed by atoms with van der Waals surface area (Å²) in [6, 6.07) is 27.0. The van der Waals surface area contributed by atoms with E-state index in [4.69, 9.17) is 4.84 Å². The summed E-state index contributed by atoms with van der Waals surface area (Å²) >= 11 is 0. The quantitative estimate of drug-likeness (QED) is 0.508. The topological polar surface area (TPSA) is 21.6 Å². The van der Waals surface area contributed by atoms with E-state index in [0.29, 0.717) is 6.61 Å². The smallest absolute Gasteiger partial charge is 0.142 e. The van der Waals surface area contributed by atoms with Gasteiger partial charge in [-0.1, -0.05) is 84.0 Å². The van der Waals surface area contributed by atoms with Gasteiger partial charge in [-0.2, -0.15) is 0 Å². The van der Waals surface area contributed by atoms with Gasteiger partial charge in [-0.3, -0.25) is 0 Å². The van der Waals surface area contributed by atoms with Gasteiger partial charge in [-0.15, -0.1) is 0 Å². The lowest BCUT2D eigenvalue weighted by molar-refractivity contribution is 0.131. The molecule has 0 atom stereocenters. The minimum absolute atomic E-state index is 0.481. The number of fused-ring (bicyclic) bond motifs is 2. The van der Waals surface area contributed by atoms with Gasteiger partial charge in [0.2, 0.25) is 0 Å². The maximum atomic E-state index is 5.66. The second-order valence-electron chi connectivity index (χ2n) is 5.69. The average Bonchev–Trinajstić information content (AvgIpc) is 2.62. The molecular weight excluding hydrogens is 282 g/mol. The molecule has 112 valence electrons. The Kier molecular flexibility index (Phi) is 3.65. The van der Waals surface area contributed by atoms with Crippen LogP contribution >= 0.6 is 0 Å². The third-order valence-corrected chi connectivity index (χ3v) is 4.16. The van der Waals surface area contributed by atoms with E-state index in [2.05, 4.69) is 53.7 Å². The highest BCUT2D eigenvalue weighted by molar-refractivity contribution is 6.15. The van der Waals surface area contributed by atoms with E-state index in [-0.39, 0.29) is 0 Å². The molecule has 0 aliphatic heterocycles. The van der Waals surface area contributed by atoms with Crippen molar-refractivity contribution in [2.75, 3.05) is 0 Å². The fourth-order valence-corrected chi connectivity index (χ4v) is 3.01. The van der Waals surface area contributed by atoms with Crippen LogP contribution in [0, 0.1) is 0 Å². The van der Waals surface area contributed by atoms with Crippen molar-refractivity contribution in [1.29, 1.82) is 0 Å². The van der Waals surface area contributed by atoms with Gasteiger partial charge in [-0.05, 0) is 23.1 Å². The van der Waals surface area contributed by atoms with Gasteiger partial charge < -0.3 is 4.84 Å². The third-order valence-electron chi connectivity index (χ3n) is 4.16. The Bertz CT molecular complexity index is 805. The normalized spacial score (nSPS) is 12.3. The second-order valence-corrected chi connectivity index (χ2v) is 5.69. The molecule has 4 rings (SSSR count). The Morgan fingerprint density at radius 3 is 1.91 bits per heavy atom. The zero-order valence-electron chi connectivity index (χ0n) is 12.8. The molecule has 0 N–H and O–H groups in total. The first-order valence-corrected chi connectivity index (χ1v) is 7.82. The first-order valence-electron chi connectivity index (χ1n) is 7.82. The highest BCUT2D eigenvalue weighted by atomic mass is 16.6. The Hall–Kier alpha value is -2.87. The predicted octanol–water partition coefficient (Wildman–Crippen LogP) is 4.56. The van der Waals surface area contributed by atoms with Gasteiger partial charge >= 0.3 is 0 Å². The molecule has 3 aromatic rings. The minimum Gasteiger partial charge on any atom is -0.390 e. The zero-order valence-corrected chi connectivity index (χ0v) is 12.8. The van der Waals surface area contributed by atoms with Crippen molar-refractivity contribution in [2.24, 2.45) is 5.16 Å². The van der Waals surface area contributed by atoms with Crippen LogP contribution in [-0.4, -0.2) is 5.71 Å².